The van der Waals surface area contributed by atoms with Crippen molar-refractivity contribution in [1.82, 2.24) is 4.98 Å². The normalized spacial score (nSPS) is 15.4. The van der Waals surface area contributed by atoms with Crippen LogP contribution in [0, 0.1) is 3.57 Å². The zero-order valence-electron chi connectivity index (χ0n) is 8.33. The van der Waals surface area contributed by atoms with E-state index in [2.05, 4.69) is 32.5 Å². The first-order valence-electron chi connectivity index (χ1n) is 4.66. The summed E-state index contributed by atoms with van der Waals surface area (Å²) in [6.45, 7) is 0. The Labute approximate surface area is 97.6 Å². The van der Waals surface area contributed by atoms with Gasteiger partial charge in [0, 0.05) is 14.1 Å². The molecule has 1 aliphatic rings. The van der Waals surface area contributed by atoms with E-state index in [-0.39, 0.29) is 0 Å². The predicted octanol–water partition coefficient (Wildman–Crippen LogP) is 2.29. The van der Waals surface area contributed by atoms with Crippen molar-refractivity contribution in [3.05, 3.63) is 16.0 Å². The number of rotatable bonds is 3. The van der Waals surface area contributed by atoms with Gasteiger partial charge in [-0.1, -0.05) is 0 Å². The lowest BCUT2D eigenvalue weighted by molar-refractivity contribution is 0.300. The van der Waals surface area contributed by atoms with Crippen molar-refractivity contribution >= 4 is 28.3 Å². The maximum absolute atomic E-state index is 5.75. The van der Waals surface area contributed by atoms with Crippen LogP contribution in [0.25, 0.3) is 0 Å². The molecule has 4 heteroatoms. The minimum absolute atomic E-state index is 0.433. The van der Waals surface area contributed by atoms with Gasteiger partial charge >= 0.3 is 0 Å². The quantitative estimate of drug-likeness (QED) is 0.801. The fraction of sp³-hybridized carbons (Fsp3) is 0.500. The van der Waals surface area contributed by atoms with Crippen LogP contribution >= 0.6 is 22.6 Å². The summed E-state index contributed by atoms with van der Waals surface area (Å²) in [7, 11) is 4.03. The van der Waals surface area contributed by atoms with E-state index in [1.807, 2.05) is 20.3 Å². The molecule has 1 fully saturated rings. The summed E-state index contributed by atoms with van der Waals surface area (Å²) in [5.41, 5.74) is 1.11. The zero-order valence-corrected chi connectivity index (χ0v) is 10.5. The molecule has 0 aliphatic heterocycles. The number of aromatic nitrogens is 1. The monoisotopic (exact) mass is 304 g/mol. The van der Waals surface area contributed by atoms with Gasteiger partial charge < -0.3 is 9.64 Å². The highest BCUT2D eigenvalue weighted by atomic mass is 127. The minimum atomic E-state index is 0.433. The van der Waals surface area contributed by atoms with Crippen molar-refractivity contribution in [2.45, 2.75) is 18.9 Å². The van der Waals surface area contributed by atoms with Crippen LogP contribution in [-0.2, 0) is 0 Å². The van der Waals surface area contributed by atoms with E-state index in [0.29, 0.717) is 6.10 Å². The molecule has 3 nitrogen and oxygen atoms in total. The molecule has 1 heterocycles. The van der Waals surface area contributed by atoms with Gasteiger partial charge in [0.1, 0.15) is 0 Å². The Balaban J connectivity index is 2.25. The predicted molar refractivity (Wildman–Crippen MR) is 64.9 cm³/mol. The summed E-state index contributed by atoms with van der Waals surface area (Å²) in [6, 6.07) is 0. The lowest BCUT2D eigenvalue weighted by Crippen LogP contribution is -2.11. The molecule has 1 aromatic rings. The second-order valence-electron chi connectivity index (χ2n) is 3.68. The first-order chi connectivity index (χ1) is 6.68. The molecule has 0 radical (unpaired) electrons. The molecule has 0 aromatic carbocycles. The summed E-state index contributed by atoms with van der Waals surface area (Å²) >= 11 is 2.31. The molecule has 0 atom stereocenters. The average molecular weight is 304 g/mol. The SMILES string of the molecule is CN(C)c1cncc(OC2CC2)c1I. The first-order valence-corrected chi connectivity index (χ1v) is 5.74. The van der Waals surface area contributed by atoms with Crippen LogP contribution in [-0.4, -0.2) is 25.2 Å². The summed E-state index contributed by atoms with van der Waals surface area (Å²) in [4.78, 5) is 6.23. The van der Waals surface area contributed by atoms with Crippen LogP contribution in [0.5, 0.6) is 5.75 Å². The lowest BCUT2D eigenvalue weighted by Gasteiger charge is -2.16. The number of ether oxygens (including phenoxy) is 1. The van der Waals surface area contributed by atoms with E-state index in [4.69, 9.17) is 4.74 Å². The van der Waals surface area contributed by atoms with Gasteiger partial charge in [0.25, 0.3) is 0 Å². The molecular formula is C10H13IN2O. The van der Waals surface area contributed by atoms with Crippen molar-refractivity contribution in [3.63, 3.8) is 0 Å². The van der Waals surface area contributed by atoms with Crippen molar-refractivity contribution in [3.8, 4) is 5.75 Å². The molecule has 2 rings (SSSR count). The first kappa shape index (κ1) is 10.0. The fourth-order valence-electron chi connectivity index (χ4n) is 1.17. The Morgan fingerprint density at radius 1 is 1.43 bits per heavy atom. The molecule has 1 saturated carbocycles. The van der Waals surface area contributed by atoms with Crippen LogP contribution < -0.4 is 9.64 Å². The summed E-state index contributed by atoms with van der Waals surface area (Å²) < 4.78 is 6.90. The van der Waals surface area contributed by atoms with Gasteiger partial charge in [0.05, 0.1) is 27.8 Å². The maximum atomic E-state index is 5.75. The number of nitrogens with zero attached hydrogens (tertiary/aromatic N) is 2. The number of hydrogen-bond donors (Lipinski definition) is 0. The fourth-order valence-corrected chi connectivity index (χ4v) is 2.06. The largest absolute Gasteiger partial charge is 0.488 e. The Morgan fingerprint density at radius 2 is 2.14 bits per heavy atom. The Bertz CT molecular complexity index is 337. The molecule has 0 amide bonds. The molecule has 0 N–H and O–H groups in total. The Morgan fingerprint density at radius 3 is 2.71 bits per heavy atom. The van der Waals surface area contributed by atoms with Crippen molar-refractivity contribution in [2.75, 3.05) is 19.0 Å². The molecular weight excluding hydrogens is 291 g/mol. The molecule has 1 aliphatic carbocycles. The maximum Gasteiger partial charge on any atom is 0.153 e. The summed E-state index contributed by atoms with van der Waals surface area (Å²) in [5, 5.41) is 0. The number of pyridine rings is 1. The standard InChI is InChI=1S/C10H13IN2O/c1-13(2)8-5-12-6-9(10(8)11)14-7-3-4-7/h5-7H,3-4H2,1-2H3. The van der Waals surface area contributed by atoms with Gasteiger partial charge in [-0.05, 0) is 35.4 Å². The summed E-state index contributed by atoms with van der Waals surface area (Å²) in [5.74, 6) is 0.916. The molecule has 0 spiro atoms. The third-order valence-electron chi connectivity index (χ3n) is 2.13. The van der Waals surface area contributed by atoms with Crippen LogP contribution in [0.4, 0.5) is 5.69 Å². The smallest absolute Gasteiger partial charge is 0.153 e. The van der Waals surface area contributed by atoms with Gasteiger partial charge in [-0.25, -0.2) is 0 Å². The summed E-state index contributed by atoms with van der Waals surface area (Å²) in [6.07, 6.45) is 6.46. The topological polar surface area (TPSA) is 25.4 Å². The molecule has 1 aromatic heterocycles. The minimum Gasteiger partial charge on any atom is -0.488 e. The Kier molecular flexibility index (Phi) is 2.80. The van der Waals surface area contributed by atoms with Gasteiger partial charge in [0.15, 0.2) is 5.75 Å². The van der Waals surface area contributed by atoms with E-state index in [1.165, 1.54) is 12.8 Å². The Hall–Kier alpha value is -0.520. The van der Waals surface area contributed by atoms with Gasteiger partial charge in [-0.2, -0.15) is 0 Å². The van der Waals surface area contributed by atoms with Gasteiger partial charge in [-0.3, -0.25) is 4.98 Å². The number of anilines is 1. The number of hydrogen-bond acceptors (Lipinski definition) is 3. The van der Waals surface area contributed by atoms with E-state index < -0.39 is 0 Å². The zero-order chi connectivity index (χ0) is 10.1. The molecule has 14 heavy (non-hydrogen) atoms. The van der Waals surface area contributed by atoms with E-state index in [9.17, 15) is 0 Å². The van der Waals surface area contributed by atoms with Crippen LogP contribution in [0.2, 0.25) is 0 Å². The average Bonchev–Trinajstić information content (AvgIpc) is 2.92. The van der Waals surface area contributed by atoms with Crippen LogP contribution in [0.1, 0.15) is 12.8 Å². The third kappa shape index (κ3) is 2.10. The highest BCUT2D eigenvalue weighted by Crippen LogP contribution is 2.33. The number of halogens is 1. The van der Waals surface area contributed by atoms with E-state index >= 15 is 0 Å². The third-order valence-corrected chi connectivity index (χ3v) is 3.21. The van der Waals surface area contributed by atoms with Crippen molar-refractivity contribution in [1.29, 1.82) is 0 Å². The van der Waals surface area contributed by atoms with E-state index in [0.717, 1.165) is 15.0 Å². The second kappa shape index (κ2) is 3.92. The highest BCUT2D eigenvalue weighted by molar-refractivity contribution is 14.1. The van der Waals surface area contributed by atoms with Crippen molar-refractivity contribution in [2.24, 2.45) is 0 Å². The molecule has 0 unspecified atom stereocenters. The van der Waals surface area contributed by atoms with Crippen LogP contribution in [0.15, 0.2) is 12.4 Å². The molecule has 76 valence electrons. The highest BCUT2D eigenvalue weighted by Gasteiger charge is 2.25. The van der Waals surface area contributed by atoms with E-state index in [1.54, 1.807) is 6.20 Å². The molecule has 0 bridgehead atoms. The van der Waals surface area contributed by atoms with Gasteiger partial charge in [-0.15, -0.1) is 0 Å². The van der Waals surface area contributed by atoms with Gasteiger partial charge in [0.2, 0.25) is 0 Å². The second-order valence-corrected chi connectivity index (χ2v) is 4.76. The lowest BCUT2D eigenvalue weighted by atomic mass is 10.4. The van der Waals surface area contributed by atoms with Crippen molar-refractivity contribution < 1.29 is 4.74 Å². The molecule has 0 saturated heterocycles. The van der Waals surface area contributed by atoms with Crippen LogP contribution in [0.3, 0.4) is 0 Å².